The first-order valence-electron chi connectivity index (χ1n) is 11.4. The number of carbonyl (C=O) groups is 3. The zero-order chi connectivity index (χ0) is 24.6. The lowest BCUT2D eigenvalue weighted by atomic mass is 10.1. The number of nitrogens with one attached hydrogen (secondary N) is 3. The van der Waals surface area contributed by atoms with Crippen LogP contribution in [0.15, 0.2) is 53.4 Å². The van der Waals surface area contributed by atoms with Crippen molar-refractivity contribution in [2.45, 2.75) is 50.5 Å². The molecule has 0 radical (unpaired) electrons. The molecule has 3 N–H and O–H groups in total. The van der Waals surface area contributed by atoms with Crippen molar-refractivity contribution in [3.05, 3.63) is 65.2 Å². The normalized spacial score (nSPS) is 12.9. The van der Waals surface area contributed by atoms with E-state index in [2.05, 4.69) is 17.6 Å². The van der Waals surface area contributed by atoms with Gasteiger partial charge in [-0.05, 0) is 42.2 Å². The van der Waals surface area contributed by atoms with Gasteiger partial charge in [0.1, 0.15) is 0 Å². The third-order valence-corrected chi connectivity index (χ3v) is 6.88. The number of rotatable bonds is 10. The molecule has 2 aromatic carbocycles. The summed E-state index contributed by atoms with van der Waals surface area (Å²) in [4.78, 5) is 37.8. The van der Waals surface area contributed by atoms with Gasteiger partial charge in [-0.2, -0.15) is 0 Å². The average Bonchev–Trinajstić information content (AvgIpc) is 3.16. The van der Waals surface area contributed by atoms with Crippen molar-refractivity contribution in [3.63, 3.8) is 0 Å². The molecule has 0 spiro atoms. The minimum Gasteiger partial charge on any atom is -0.337 e. The maximum Gasteiger partial charge on any atom is 0.328 e. The van der Waals surface area contributed by atoms with Crippen LogP contribution in [0.1, 0.15) is 54.1 Å². The van der Waals surface area contributed by atoms with Crippen molar-refractivity contribution in [1.29, 1.82) is 0 Å². The number of nitrogens with zero attached hydrogens (tertiary/aromatic N) is 1. The fraction of sp³-hybridized carbons (Fsp3) is 0.375. The number of sulfonamides is 1. The van der Waals surface area contributed by atoms with Crippen LogP contribution in [-0.4, -0.2) is 44.4 Å². The second-order valence-electron chi connectivity index (χ2n) is 8.10. The van der Waals surface area contributed by atoms with Crippen molar-refractivity contribution >= 4 is 28.0 Å². The molecule has 9 nitrogen and oxygen atoms in total. The van der Waals surface area contributed by atoms with Gasteiger partial charge >= 0.3 is 12.1 Å². The topological polar surface area (TPSA) is 125 Å². The summed E-state index contributed by atoms with van der Waals surface area (Å²) in [5.74, 6) is -0.319. The highest BCUT2D eigenvalue weighted by atomic mass is 32.2. The molecule has 3 rings (SSSR count). The van der Waals surface area contributed by atoms with Crippen molar-refractivity contribution in [3.8, 4) is 0 Å². The molecule has 0 bridgehead atoms. The second-order valence-corrected chi connectivity index (χ2v) is 9.78. The van der Waals surface area contributed by atoms with Crippen molar-refractivity contribution in [2.24, 2.45) is 0 Å². The van der Waals surface area contributed by atoms with Gasteiger partial charge in [-0.15, -0.1) is 0 Å². The molecule has 1 aliphatic rings. The Morgan fingerprint density at radius 2 is 1.68 bits per heavy atom. The van der Waals surface area contributed by atoms with Gasteiger partial charge in [-0.25, -0.2) is 22.7 Å². The largest absolute Gasteiger partial charge is 0.337 e. The smallest absolute Gasteiger partial charge is 0.328 e. The van der Waals surface area contributed by atoms with E-state index in [4.69, 9.17) is 0 Å². The Balaban J connectivity index is 1.44. The molecule has 0 aliphatic carbocycles. The molecular weight excluding hydrogens is 456 g/mol. The van der Waals surface area contributed by atoms with Crippen LogP contribution in [0.4, 0.5) is 9.59 Å². The number of benzene rings is 2. The number of fused-ring (bicyclic) bond motifs is 1. The highest BCUT2D eigenvalue weighted by molar-refractivity contribution is 7.90. The van der Waals surface area contributed by atoms with E-state index in [-0.39, 0.29) is 23.9 Å². The van der Waals surface area contributed by atoms with E-state index >= 15 is 0 Å². The third kappa shape index (κ3) is 6.57. The van der Waals surface area contributed by atoms with Crippen LogP contribution < -0.4 is 15.4 Å². The molecule has 1 aliphatic heterocycles. The molecule has 0 fully saturated rings. The Labute approximate surface area is 200 Å². The molecular formula is C24H30N4O5S. The van der Waals surface area contributed by atoms with Gasteiger partial charge in [0.05, 0.1) is 11.4 Å². The Hall–Kier alpha value is -3.40. The zero-order valence-corrected chi connectivity index (χ0v) is 20.0. The van der Waals surface area contributed by atoms with Crippen LogP contribution in [0.5, 0.6) is 0 Å². The minimum absolute atomic E-state index is 0.0261. The standard InChI is InChI=1S/C24H30N4O5S/c1-2-3-4-7-15-25-23(30)27-34(32,33)20-12-10-18(11-13-20)14-16-26-24(31)28-17-19-8-5-6-9-21(19)22(28)29/h5-6,8-13H,2-4,7,14-17H2,1H3,(H,26,31)(H2,25,27,30). The van der Waals surface area contributed by atoms with Crippen molar-refractivity contribution in [2.75, 3.05) is 13.1 Å². The van der Waals surface area contributed by atoms with E-state index < -0.39 is 22.1 Å². The van der Waals surface area contributed by atoms with Gasteiger partial charge < -0.3 is 10.6 Å². The molecule has 2 aromatic rings. The summed E-state index contributed by atoms with van der Waals surface area (Å²) in [7, 11) is -3.98. The molecule has 5 amide bonds. The lowest BCUT2D eigenvalue weighted by Gasteiger charge is -2.15. The molecule has 0 aromatic heterocycles. The van der Waals surface area contributed by atoms with Gasteiger partial charge in [0.25, 0.3) is 15.9 Å². The second kappa shape index (κ2) is 11.6. The predicted molar refractivity (Wildman–Crippen MR) is 128 cm³/mol. The Morgan fingerprint density at radius 1 is 0.941 bits per heavy atom. The molecule has 1 heterocycles. The first kappa shape index (κ1) is 25.2. The lowest BCUT2D eigenvalue weighted by molar-refractivity contribution is 0.0821. The first-order valence-corrected chi connectivity index (χ1v) is 12.9. The Kier molecular flexibility index (Phi) is 8.64. The zero-order valence-electron chi connectivity index (χ0n) is 19.2. The SMILES string of the molecule is CCCCCCNC(=O)NS(=O)(=O)c1ccc(CCNC(=O)N2Cc3ccccc3C2=O)cc1. The van der Waals surface area contributed by atoms with Gasteiger partial charge in [0.2, 0.25) is 0 Å². The molecule has 34 heavy (non-hydrogen) atoms. The van der Waals surface area contributed by atoms with Crippen LogP contribution >= 0.6 is 0 Å². The number of hydrogen-bond acceptors (Lipinski definition) is 5. The summed E-state index contributed by atoms with van der Waals surface area (Å²) < 4.78 is 26.8. The predicted octanol–water partition coefficient (Wildman–Crippen LogP) is 3.16. The molecule has 10 heteroatoms. The Bertz CT molecular complexity index is 1130. The van der Waals surface area contributed by atoms with Gasteiger partial charge in [0.15, 0.2) is 0 Å². The van der Waals surface area contributed by atoms with E-state index in [1.165, 1.54) is 17.0 Å². The number of amides is 5. The van der Waals surface area contributed by atoms with Gasteiger partial charge in [0, 0.05) is 18.7 Å². The van der Waals surface area contributed by atoms with Gasteiger partial charge in [-0.1, -0.05) is 56.5 Å². The number of hydrogen-bond donors (Lipinski definition) is 3. The summed E-state index contributed by atoms with van der Waals surface area (Å²) in [5.41, 5.74) is 2.15. The third-order valence-electron chi connectivity index (χ3n) is 5.53. The number of imide groups is 1. The summed E-state index contributed by atoms with van der Waals surface area (Å²) in [6.45, 7) is 3.03. The highest BCUT2D eigenvalue weighted by Crippen LogP contribution is 2.22. The molecule has 0 unspecified atom stereocenters. The van der Waals surface area contributed by atoms with Crippen LogP contribution in [-0.2, 0) is 23.0 Å². The number of carbonyl (C=O) groups excluding carboxylic acids is 3. The molecule has 0 atom stereocenters. The van der Waals surface area contributed by atoms with Gasteiger partial charge in [-0.3, -0.25) is 9.69 Å². The van der Waals surface area contributed by atoms with E-state index in [0.717, 1.165) is 36.8 Å². The minimum atomic E-state index is -3.98. The molecule has 182 valence electrons. The molecule has 0 saturated carbocycles. The van der Waals surface area contributed by atoms with E-state index in [1.54, 1.807) is 24.3 Å². The fourth-order valence-corrected chi connectivity index (χ4v) is 4.56. The monoisotopic (exact) mass is 486 g/mol. The quantitative estimate of drug-likeness (QED) is 0.445. The average molecular weight is 487 g/mol. The van der Waals surface area contributed by atoms with Crippen LogP contribution in [0.25, 0.3) is 0 Å². The van der Waals surface area contributed by atoms with Crippen LogP contribution in [0.3, 0.4) is 0 Å². The van der Waals surface area contributed by atoms with E-state index in [0.29, 0.717) is 18.5 Å². The summed E-state index contributed by atoms with van der Waals surface area (Å²) >= 11 is 0. The first-order chi connectivity index (χ1) is 16.3. The number of unbranched alkanes of at least 4 members (excludes halogenated alkanes) is 3. The van der Waals surface area contributed by atoms with Crippen LogP contribution in [0.2, 0.25) is 0 Å². The van der Waals surface area contributed by atoms with Crippen molar-refractivity contribution in [1.82, 2.24) is 20.3 Å². The fourth-order valence-electron chi connectivity index (χ4n) is 3.63. The lowest BCUT2D eigenvalue weighted by Crippen LogP contribution is -2.40. The summed E-state index contributed by atoms with van der Waals surface area (Å²) in [6.07, 6.45) is 4.38. The summed E-state index contributed by atoms with van der Waals surface area (Å²) in [5, 5.41) is 5.28. The van der Waals surface area contributed by atoms with Crippen LogP contribution in [0, 0.1) is 0 Å². The summed E-state index contributed by atoms with van der Waals surface area (Å²) in [6, 6.07) is 12.0. The Morgan fingerprint density at radius 3 is 2.38 bits per heavy atom. The maximum absolute atomic E-state index is 12.4. The van der Waals surface area contributed by atoms with Crippen molar-refractivity contribution < 1.29 is 22.8 Å². The molecule has 0 saturated heterocycles. The maximum atomic E-state index is 12.4. The highest BCUT2D eigenvalue weighted by Gasteiger charge is 2.31. The van der Waals surface area contributed by atoms with E-state index in [1.807, 2.05) is 16.9 Å². The number of urea groups is 2. The van der Waals surface area contributed by atoms with E-state index in [9.17, 15) is 22.8 Å².